The van der Waals surface area contributed by atoms with Crippen LogP contribution < -0.4 is 14.4 Å². The monoisotopic (exact) mass is 442 g/mol. The molecular formula is C23H23FN2O4S. The van der Waals surface area contributed by atoms with Crippen molar-refractivity contribution in [3.63, 3.8) is 0 Å². The van der Waals surface area contributed by atoms with Gasteiger partial charge in [-0.2, -0.15) is 0 Å². The first-order valence-electron chi connectivity index (χ1n) is 9.66. The van der Waals surface area contributed by atoms with E-state index in [4.69, 9.17) is 4.74 Å². The van der Waals surface area contributed by atoms with Gasteiger partial charge in [0.2, 0.25) is 15.9 Å². The molecule has 0 aliphatic carbocycles. The number of para-hydroxylation sites is 1. The number of sulfonamides is 1. The Balaban J connectivity index is 1.77. The molecule has 162 valence electrons. The van der Waals surface area contributed by atoms with Gasteiger partial charge in [0.1, 0.15) is 23.4 Å². The van der Waals surface area contributed by atoms with Gasteiger partial charge in [-0.25, -0.2) is 12.8 Å². The van der Waals surface area contributed by atoms with Crippen LogP contribution in [0.2, 0.25) is 0 Å². The van der Waals surface area contributed by atoms with Crippen molar-refractivity contribution in [3.05, 3.63) is 84.7 Å². The molecule has 31 heavy (non-hydrogen) atoms. The van der Waals surface area contributed by atoms with E-state index in [0.29, 0.717) is 17.2 Å². The highest BCUT2D eigenvalue weighted by atomic mass is 32.2. The Morgan fingerprint density at radius 2 is 1.55 bits per heavy atom. The number of benzene rings is 3. The standard InChI is InChI=1S/C23H23FN2O4S/c1-3-22(26(31(2,28)29)19-13-9-17(24)10-14-19)23(27)25-18-11-15-21(16-12-18)30-20-7-5-4-6-8-20/h4-16,22H,3H2,1-2H3,(H,25,27)/t22-/m1/s1. The van der Waals surface area contributed by atoms with Crippen LogP contribution >= 0.6 is 0 Å². The van der Waals surface area contributed by atoms with Gasteiger partial charge in [0.15, 0.2) is 0 Å². The van der Waals surface area contributed by atoms with Crippen molar-refractivity contribution in [2.75, 3.05) is 15.9 Å². The van der Waals surface area contributed by atoms with Gasteiger partial charge in [0, 0.05) is 5.69 Å². The number of hydrogen-bond donors (Lipinski definition) is 1. The minimum Gasteiger partial charge on any atom is -0.457 e. The quantitative estimate of drug-likeness (QED) is 0.544. The normalized spacial score (nSPS) is 12.1. The molecule has 0 saturated carbocycles. The Hall–Kier alpha value is -3.39. The number of nitrogens with zero attached hydrogens (tertiary/aromatic N) is 1. The third kappa shape index (κ3) is 5.82. The fourth-order valence-corrected chi connectivity index (χ4v) is 4.32. The maximum Gasteiger partial charge on any atom is 0.248 e. The molecule has 3 aromatic carbocycles. The fourth-order valence-electron chi connectivity index (χ4n) is 3.10. The van der Waals surface area contributed by atoms with Crippen molar-refractivity contribution in [3.8, 4) is 11.5 Å². The molecule has 0 saturated heterocycles. The van der Waals surface area contributed by atoms with E-state index in [1.165, 1.54) is 12.1 Å². The van der Waals surface area contributed by atoms with Crippen LogP contribution in [0.25, 0.3) is 0 Å². The highest BCUT2D eigenvalue weighted by Crippen LogP contribution is 2.25. The van der Waals surface area contributed by atoms with E-state index in [1.807, 2.05) is 30.3 Å². The summed E-state index contributed by atoms with van der Waals surface area (Å²) >= 11 is 0. The van der Waals surface area contributed by atoms with Gasteiger partial charge in [-0.1, -0.05) is 25.1 Å². The van der Waals surface area contributed by atoms with Gasteiger partial charge in [0.05, 0.1) is 11.9 Å². The van der Waals surface area contributed by atoms with Gasteiger partial charge in [-0.05, 0) is 67.1 Å². The molecule has 0 heterocycles. The summed E-state index contributed by atoms with van der Waals surface area (Å²) in [7, 11) is -3.79. The predicted octanol–water partition coefficient (Wildman–Crippen LogP) is 4.80. The number of ether oxygens (including phenoxy) is 1. The first-order valence-corrected chi connectivity index (χ1v) is 11.5. The van der Waals surface area contributed by atoms with E-state index in [0.717, 1.165) is 22.7 Å². The van der Waals surface area contributed by atoms with Gasteiger partial charge < -0.3 is 10.1 Å². The number of amides is 1. The van der Waals surface area contributed by atoms with Gasteiger partial charge in [-0.3, -0.25) is 9.10 Å². The predicted molar refractivity (Wildman–Crippen MR) is 119 cm³/mol. The lowest BCUT2D eigenvalue weighted by Crippen LogP contribution is -2.47. The van der Waals surface area contributed by atoms with E-state index in [2.05, 4.69) is 5.32 Å². The van der Waals surface area contributed by atoms with E-state index in [9.17, 15) is 17.6 Å². The zero-order valence-electron chi connectivity index (χ0n) is 17.2. The van der Waals surface area contributed by atoms with Crippen molar-refractivity contribution in [2.24, 2.45) is 0 Å². The Bertz CT molecular complexity index is 1120. The van der Waals surface area contributed by atoms with Crippen LogP contribution in [0.1, 0.15) is 13.3 Å². The molecule has 1 N–H and O–H groups in total. The van der Waals surface area contributed by atoms with Crippen LogP contribution in [0, 0.1) is 5.82 Å². The second kappa shape index (κ2) is 9.61. The van der Waals surface area contributed by atoms with Gasteiger partial charge in [-0.15, -0.1) is 0 Å². The molecule has 0 spiro atoms. The van der Waals surface area contributed by atoms with Crippen molar-refractivity contribution < 1.29 is 22.3 Å². The van der Waals surface area contributed by atoms with Crippen LogP contribution in [0.15, 0.2) is 78.9 Å². The number of halogens is 1. The van der Waals surface area contributed by atoms with Gasteiger partial charge >= 0.3 is 0 Å². The van der Waals surface area contributed by atoms with E-state index >= 15 is 0 Å². The second-order valence-corrected chi connectivity index (χ2v) is 8.75. The summed E-state index contributed by atoms with van der Waals surface area (Å²) in [6.45, 7) is 1.71. The maximum absolute atomic E-state index is 13.3. The topological polar surface area (TPSA) is 75.7 Å². The zero-order valence-corrected chi connectivity index (χ0v) is 18.0. The number of hydrogen-bond acceptors (Lipinski definition) is 4. The minimum atomic E-state index is -3.79. The van der Waals surface area contributed by atoms with Crippen LogP contribution in [-0.2, 0) is 14.8 Å². The molecule has 3 aromatic rings. The lowest BCUT2D eigenvalue weighted by atomic mass is 10.1. The summed E-state index contributed by atoms with van der Waals surface area (Å²) in [5.74, 6) is 0.301. The summed E-state index contributed by atoms with van der Waals surface area (Å²) in [6, 6.07) is 20.0. The van der Waals surface area contributed by atoms with E-state index in [1.54, 1.807) is 31.2 Å². The molecule has 0 bridgehead atoms. The summed E-state index contributed by atoms with van der Waals surface area (Å²) in [5, 5.41) is 2.74. The second-order valence-electron chi connectivity index (χ2n) is 6.89. The number of nitrogens with one attached hydrogen (secondary N) is 1. The fraction of sp³-hybridized carbons (Fsp3) is 0.174. The Morgan fingerprint density at radius 3 is 2.10 bits per heavy atom. The number of carbonyl (C=O) groups excluding carboxylic acids is 1. The van der Waals surface area contributed by atoms with Crippen molar-refractivity contribution in [1.82, 2.24) is 0 Å². The van der Waals surface area contributed by atoms with Crippen LogP contribution in [0.4, 0.5) is 15.8 Å². The van der Waals surface area contributed by atoms with Crippen molar-refractivity contribution >= 4 is 27.3 Å². The Labute approximate surface area is 181 Å². The number of carbonyl (C=O) groups is 1. The molecule has 0 fully saturated rings. The lowest BCUT2D eigenvalue weighted by Gasteiger charge is -2.30. The maximum atomic E-state index is 13.3. The molecule has 3 rings (SSSR count). The van der Waals surface area contributed by atoms with Crippen LogP contribution in [0.5, 0.6) is 11.5 Å². The lowest BCUT2D eigenvalue weighted by molar-refractivity contribution is -0.117. The molecule has 1 atom stereocenters. The van der Waals surface area contributed by atoms with Crippen molar-refractivity contribution in [1.29, 1.82) is 0 Å². The molecule has 0 aliphatic rings. The molecule has 0 unspecified atom stereocenters. The first-order chi connectivity index (χ1) is 14.8. The molecule has 0 aromatic heterocycles. The SMILES string of the molecule is CC[C@H](C(=O)Nc1ccc(Oc2ccccc2)cc1)N(c1ccc(F)cc1)S(C)(=O)=O. The molecule has 0 aliphatic heterocycles. The summed E-state index contributed by atoms with van der Waals surface area (Å²) in [6.07, 6.45) is 1.24. The Kier molecular flexibility index (Phi) is 6.91. The minimum absolute atomic E-state index is 0.220. The third-order valence-electron chi connectivity index (χ3n) is 4.51. The summed E-state index contributed by atoms with van der Waals surface area (Å²) in [5.41, 5.74) is 0.717. The molecular weight excluding hydrogens is 419 g/mol. The number of rotatable bonds is 8. The summed E-state index contributed by atoms with van der Waals surface area (Å²) < 4.78 is 44.9. The largest absolute Gasteiger partial charge is 0.457 e. The van der Waals surface area contributed by atoms with E-state index < -0.39 is 27.8 Å². The summed E-state index contributed by atoms with van der Waals surface area (Å²) in [4.78, 5) is 12.9. The first kappa shape index (κ1) is 22.3. The molecule has 0 radical (unpaired) electrons. The smallest absolute Gasteiger partial charge is 0.248 e. The van der Waals surface area contributed by atoms with E-state index in [-0.39, 0.29) is 12.1 Å². The Morgan fingerprint density at radius 1 is 0.968 bits per heavy atom. The molecule has 1 amide bonds. The van der Waals surface area contributed by atoms with Gasteiger partial charge in [0.25, 0.3) is 0 Å². The molecule has 8 heteroatoms. The highest BCUT2D eigenvalue weighted by molar-refractivity contribution is 7.92. The average molecular weight is 443 g/mol. The molecule has 6 nitrogen and oxygen atoms in total. The van der Waals surface area contributed by atoms with Crippen LogP contribution in [-0.4, -0.2) is 26.6 Å². The number of anilines is 2. The zero-order chi connectivity index (χ0) is 22.4. The highest BCUT2D eigenvalue weighted by Gasteiger charge is 2.31. The third-order valence-corrected chi connectivity index (χ3v) is 5.69. The van der Waals surface area contributed by atoms with Crippen LogP contribution in [0.3, 0.4) is 0 Å². The van der Waals surface area contributed by atoms with Crippen molar-refractivity contribution in [2.45, 2.75) is 19.4 Å². The average Bonchev–Trinajstić information content (AvgIpc) is 2.74.